The number of nitrogens with zero attached hydrogens (tertiary/aromatic N) is 2. The van der Waals surface area contributed by atoms with Crippen LogP contribution in [0.5, 0.6) is 0 Å². The largest absolute Gasteiger partial charge is 0.384 e. The number of hydrogen-bond donors (Lipinski definition) is 2. The molecule has 1 amide bonds. The number of aliphatic hydroxyl groups excluding tert-OH is 1. The Morgan fingerprint density at radius 1 is 1.77 bits per heavy atom. The maximum absolute atomic E-state index is 10.9. The predicted molar refractivity (Wildman–Crippen MR) is 42.6 cm³/mol. The van der Waals surface area contributed by atoms with Crippen molar-refractivity contribution in [2.75, 3.05) is 0 Å². The van der Waals surface area contributed by atoms with E-state index in [0.29, 0.717) is 11.7 Å². The van der Waals surface area contributed by atoms with Crippen molar-refractivity contribution < 1.29 is 14.4 Å². The second-order valence-electron chi connectivity index (χ2n) is 2.62. The van der Waals surface area contributed by atoms with Gasteiger partial charge in [-0.25, -0.2) is 0 Å². The molecular weight excluding hydrogens is 174 g/mol. The third-order valence-corrected chi connectivity index (χ3v) is 1.37. The van der Waals surface area contributed by atoms with Gasteiger partial charge in [0.05, 0.1) is 6.54 Å². The number of carbonyl (C=O) groups excluding carboxylic acids is 1. The molecular formula is C7H11N3O3. The number of aryl methyl sites for hydroxylation is 1. The van der Waals surface area contributed by atoms with Crippen molar-refractivity contribution in [1.29, 1.82) is 0 Å². The molecule has 2 N–H and O–H groups in total. The summed E-state index contributed by atoms with van der Waals surface area (Å²) in [7, 11) is 0. The molecule has 6 heteroatoms. The van der Waals surface area contributed by atoms with Crippen LogP contribution in [0.2, 0.25) is 0 Å². The molecule has 0 aliphatic carbocycles. The quantitative estimate of drug-likeness (QED) is 0.654. The second-order valence-corrected chi connectivity index (χ2v) is 2.62. The molecule has 0 aromatic carbocycles. The zero-order valence-electron chi connectivity index (χ0n) is 7.44. The van der Waals surface area contributed by atoms with Gasteiger partial charge in [0.1, 0.15) is 6.10 Å². The summed E-state index contributed by atoms with van der Waals surface area (Å²) in [5.41, 5.74) is 0. The van der Waals surface area contributed by atoms with E-state index in [-0.39, 0.29) is 6.54 Å². The Balaban J connectivity index is 2.39. The average Bonchev–Trinajstić information content (AvgIpc) is 2.47. The van der Waals surface area contributed by atoms with Crippen LogP contribution in [0.15, 0.2) is 4.52 Å². The van der Waals surface area contributed by atoms with Crippen LogP contribution in [0.3, 0.4) is 0 Å². The number of aliphatic hydroxyl groups is 1. The highest BCUT2D eigenvalue weighted by molar-refractivity contribution is 5.79. The summed E-state index contributed by atoms with van der Waals surface area (Å²) in [5.74, 6) is 0.384. The zero-order valence-corrected chi connectivity index (χ0v) is 7.44. The number of hydrogen-bond acceptors (Lipinski definition) is 5. The van der Waals surface area contributed by atoms with E-state index in [1.165, 1.54) is 6.92 Å². The van der Waals surface area contributed by atoms with Gasteiger partial charge in [-0.2, -0.15) is 4.98 Å². The monoisotopic (exact) mass is 185 g/mol. The van der Waals surface area contributed by atoms with Crippen LogP contribution in [0.1, 0.15) is 18.6 Å². The molecule has 1 rings (SSSR count). The van der Waals surface area contributed by atoms with Crippen molar-refractivity contribution in [3.63, 3.8) is 0 Å². The molecule has 0 fully saturated rings. The van der Waals surface area contributed by atoms with Crippen molar-refractivity contribution in [3.8, 4) is 0 Å². The van der Waals surface area contributed by atoms with Gasteiger partial charge >= 0.3 is 0 Å². The van der Waals surface area contributed by atoms with Crippen LogP contribution in [0.25, 0.3) is 0 Å². The highest BCUT2D eigenvalue weighted by Gasteiger charge is 2.09. The third-order valence-electron chi connectivity index (χ3n) is 1.37. The van der Waals surface area contributed by atoms with Crippen molar-refractivity contribution in [2.45, 2.75) is 26.5 Å². The SMILES string of the molecule is Cc1nc(CNC(=O)[C@H](C)O)no1. The van der Waals surface area contributed by atoms with Gasteiger partial charge in [0.15, 0.2) is 5.82 Å². The fourth-order valence-electron chi connectivity index (χ4n) is 0.727. The maximum atomic E-state index is 10.9. The molecule has 1 atom stereocenters. The molecule has 0 aliphatic rings. The van der Waals surface area contributed by atoms with Gasteiger partial charge in [-0.1, -0.05) is 5.16 Å². The molecule has 0 spiro atoms. The summed E-state index contributed by atoms with van der Waals surface area (Å²) >= 11 is 0. The number of nitrogens with one attached hydrogen (secondary N) is 1. The highest BCUT2D eigenvalue weighted by Crippen LogP contribution is 1.93. The van der Waals surface area contributed by atoms with Gasteiger partial charge in [0.2, 0.25) is 11.8 Å². The van der Waals surface area contributed by atoms with E-state index >= 15 is 0 Å². The number of amides is 1. The highest BCUT2D eigenvalue weighted by atomic mass is 16.5. The Kier molecular flexibility index (Phi) is 2.97. The fraction of sp³-hybridized carbons (Fsp3) is 0.571. The summed E-state index contributed by atoms with van der Waals surface area (Å²) in [6, 6.07) is 0. The fourth-order valence-corrected chi connectivity index (χ4v) is 0.727. The van der Waals surface area contributed by atoms with Gasteiger partial charge in [-0.15, -0.1) is 0 Å². The van der Waals surface area contributed by atoms with E-state index in [2.05, 4.69) is 20.0 Å². The Labute approximate surface area is 74.9 Å². The lowest BCUT2D eigenvalue weighted by Gasteiger charge is -2.03. The Bertz CT molecular complexity index is 295. The third kappa shape index (κ3) is 2.83. The van der Waals surface area contributed by atoms with Crippen molar-refractivity contribution in [2.24, 2.45) is 0 Å². The van der Waals surface area contributed by atoms with Crippen LogP contribution in [-0.2, 0) is 11.3 Å². The first-order chi connectivity index (χ1) is 6.09. The Hall–Kier alpha value is -1.43. The van der Waals surface area contributed by atoms with E-state index in [4.69, 9.17) is 5.11 Å². The van der Waals surface area contributed by atoms with E-state index < -0.39 is 12.0 Å². The molecule has 72 valence electrons. The summed E-state index contributed by atoms with van der Waals surface area (Å²) in [5, 5.41) is 14.8. The summed E-state index contributed by atoms with van der Waals surface area (Å²) < 4.78 is 4.68. The number of rotatable bonds is 3. The van der Waals surface area contributed by atoms with Gasteiger partial charge in [0, 0.05) is 6.92 Å². The standard InChI is InChI=1S/C7H11N3O3/c1-4(11)7(12)8-3-6-9-5(2)13-10-6/h4,11H,3H2,1-2H3,(H,8,12)/t4-/m0/s1. The minimum Gasteiger partial charge on any atom is -0.384 e. The van der Waals surface area contributed by atoms with Crippen molar-refractivity contribution >= 4 is 5.91 Å². The molecule has 13 heavy (non-hydrogen) atoms. The molecule has 0 unspecified atom stereocenters. The average molecular weight is 185 g/mol. The lowest BCUT2D eigenvalue weighted by atomic mass is 10.4. The molecule has 1 heterocycles. The first kappa shape index (κ1) is 9.66. The van der Waals surface area contributed by atoms with Gasteiger partial charge in [0.25, 0.3) is 0 Å². The summed E-state index contributed by atoms with van der Waals surface area (Å²) in [6.45, 7) is 3.21. The van der Waals surface area contributed by atoms with Crippen LogP contribution in [-0.4, -0.2) is 27.3 Å². The van der Waals surface area contributed by atoms with E-state index in [0.717, 1.165) is 0 Å². The molecule has 1 aromatic heterocycles. The minimum atomic E-state index is -1.02. The summed E-state index contributed by atoms with van der Waals surface area (Å²) in [4.78, 5) is 14.7. The number of aromatic nitrogens is 2. The lowest BCUT2D eigenvalue weighted by molar-refractivity contribution is -0.128. The molecule has 0 radical (unpaired) electrons. The Morgan fingerprint density at radius 2 is 2.46 bits per heavy atom. The molecule has 0 saturated carbocycles. The lowest BCUT2D eigenvalue weighted by Crippen LogP contribution is -2.32. The van der Waals surface area contributed by atoms with E-state index in [1.807, 2.05) is 0 Å². The molecule has 0 saturated heterocycles. The van der Waals surface area contributed by atoms with Crippen molar-refractivity contribution in [1.82, 2.24) is 15.5 Å². The molecule has 0 aliphatic heterocycles. The smallest absolute Gasteiger partial charge is 0.248 e. The minimum absolute atomic E-state index is 0.168. The van der Waals surface area contributed by atoms with Gasteiger partial charge in [-0.05, 0) is 6.92 Å². The van der Waals surface area contributed by atoms with E-state index in [9.17, 15) is 4.79 Å². The molecule has 0 bridgehead atoms. The predicted octanol–water partition coefficient (Wildman–Crippen LogP) is -0.625. The zero-order chi connectivity index (χ0) is 9.84. The second kappa shape index (κ2) is 3.99. The summed E-state index contributed by atoms with van der Waals surface area (Å²) in [6.07, 6.45) is -1.02. The first-order valence-electron chi connectivity index (χ1n) is 3.84. The molecule has 6 nitrogen and oxygen atoms in total. The topological polar surface area (TPSA) is 88.2 Å². The van der Waals surface area contributed by atoms with Crippen LogP contribution < -0.4 is 5.32 Å². The number of carbonyl (C=O) groups is 1. The Morgan fingerprint density at radius 3 is 2.92 bits per heavy atom. The first-order valence-corrected chi connectivity index (χ1v) is 3.84. The van der Waals surface area contributed by atoms with Crippen LogP contribution in [0, 0.1) is 6.92 Å². The van der Waals surface area contributed by atoms with Crippen LogP contribution in [0.4, 0.5) is 0 Å². The van der Waals surface area contributed by atoms with Crippen LogP contribution >= 0.6 is 0 Å². The van der Waals surface area contributed by atoms with E-state index in [1.54, 1.807) is 6.92 Å². The maximum Gasteiger partial charge on any atom is 0.248 e. The van der Waals surface area contributed by atoms with Crippen molar-refractivity contribution in [3.05, 3.63) is 11.7 Å². The van der Waals surface area contributed by atoms with Gasteiger partial charge < -0.3 is 14.9 Å². The normalized spacial score (nSPS) is 12.5. The molecule has 1 aromatic rings. The van der Waals surface area contributed by atoms with Gasteiger partial charge in [-0.3, -0.25) is 4.79 Å².